The second kappa shape index (κ2) is 6.66. The van der Waals surface area contributed by atoms with Crippen molar-refractivity contribution in [2.45, 2.75) is 23.0 Å². The van der Waals surface area contributed by atoms with Crippen molar-refractivity contribution in [2.24, 2.45) is 0 Å². The van der Waals surface area contributed by atoms with Crippen LogP contribution in [0.4, 0.5) is 0 Å². The zero-order chi connectivity index (χ0) is 17.3. The molecule has 0 spiro atoms. The van der Waals surface area contributed by atoms with Crippen molar-refractivity contribution in [3.63, 3.8) is 0 Å². The third-order valence-electron chi connectivity index (χ3n) is 4.18. The molecule has 4 heterocycles. The van der Waals surface area contributed by atoms with Crippen LogP contribution in [-0.4, -0.2) is 40.9 Å². The summed E-state index contributed by atoms with van der Waals surface area (Å²) in [5.74, 6) is 0.854. The smallest absolute Gasteiger partial charge is 0.252 e. The minimum Gasteiger partial charge on any atom is -0.339 e. The van der Waals surface area contributed by atoms with E-state index >= 15 is 0 Å². The number of thiophene rings is 1. The van der Waals surface area contributed by atoms with Crippen LogP contribution < -0.4 is 0 Å². The fourth-order valence-corrected chi connectivity index (χ4v) is 5.58. The molecule has 1 atom stereocenters. The number of pyridine rings is 1. The summed E-state index contributed by atoms with van der Waals surface area (Å²) in [6.45, 7) is 0.870. The Hall–Kier alpha value is -2.10. The van der Waals surface area contributed by atoms with Crippen LogP contribution >= 0.6 is 11.3 Å². The monoisotopic (exact) mass is 376 g/mol. The molecule has 0 bridgehead atoms. The van der Waals surface area contributed by atoms with Crippen molar-refractivity contribution in [1.82, 2.24) is 19.4 Å². The van der Waals surface area contributed by atoms with Crippen LogP contribution in [0.15, 0.2) is 50.8 Å². The quantitative estimate of drug-likeness (QED) is 0.695. The number of piperidine rings is 1. The first-order valence-corrected chi connectivity index (χ1v) is 10.2. The third kappa shape index (κ3) is 3.22. The molecule has 0 saturated carbocycles. The number of hydrogen-bond acceptors (Lipinski definition) is 7. The molecule has 3 aromatic heterocycles. The molecule has 0 radical (unpaired) electrons. The van der Waals surface area contributed by atoms with E-state index in [2.05, 4.69) is 15.1 Å². The van der Waals surface area contributed by atoms with Gasteiger partial charge in [-0.3, -0.25) is 4.98 Å². The SMILES string of the molecule is O=S(=O)(c1cccs1)N1CCCC(c2nc(-c3cccnc3)no2)C1. The molecule has 0 aliphatic carbocycles. The van der Waals surface area contributed by atoms with E-state index < -0.39 is 10.0 Å². The first kappa shape index (κ1) is 16.4. The highest BCUT2D eigenvalue weighted by atomic mass is 32.2. The van der Waals surface area contributed by atoms with Crippen LogP contribution in [0.3, 0.4) is 0 Å². The van der Waals surface area contributed by atoms with Crippen LogP contribution in [0.2, 0.25) is 0 Å². The Labute approximate surface area is 149 Å². The van der Waals surface area contributed by atoms with Gasteiger partial charge in [-0.1, -0.05) is 11.2 Å². The van der Waals surface area contributed by atoms with Gasteiger partial charge in [0.1, 0.15) is 4.21 Å². The minimum absolute atomic E-state index is 0.0959. The maximum Gasteiger partial charge on any atom is 0.252 e. The highest BCUT2D eigenvalue weighted by Crippen LogP contribution is 2.31. The minimum atomic E-state index is -3.45. The van der Waals surface area contributed by atoms with E-state index in [0.29, 0.717) is 29.0 Å². The van der Waals surface area contributed by atoms with Gasteiger partial charge >= 0.3 is 0 Å². The molecule has 25 heavy (non-hydrogen) atoms. The maximum atomic E-state index is 12.7. The van der Waals surface area contributed by atoms with Gasteiger partial charge in [0.05, 0.1) is 5.92 Å². The van der Waals surface area contributed by atoms with Crippen molar-refractivity contribution in [3.8, 4) is 11.4 Å². The summed E-state index contributed by atoms with van der Waals surface area (Å²) in [7, 11) is -3.45. The molecular formula is C16H16N4O3S2. The Morgan fingerprint density at radius 3 is 2.96 bits per heavy atom. The predicted octanol–water partition coefficient (Wildman–Crippen LogP) is 2.76. The average molecular weight is 376 g/mol. The summed E-state index contributed by atoms with van der Waals surface area (Å²) in [6.07, 6.45) is 4.94. The zero-order valence-corrected chi connectivity index (χ0v) is 14.9. The Morgan fingerprint density at radius 1 is 1.28 bits per heavy atom. The summed E-state index contributed by atoms with van der Waals surface area (Å²) in [5, 5.41) is 5.78. The van der Waals surface area contributed by atoms with Crippen molar-refractivity contribution in [1.29, 1.82) is 0 Å². The highest BCUT2D eigenvalue weighted by molar-refractivity contribution is 7.91. The Kier molecular flexibility index (Phi) is 4.36. The van der Waals surface area contributed by atoms with E-state index in [1.54, 1.807) is 36.0 Å². The average Bonchev–Trinajstić information content (AvgIpc) is 3.35. The predicted molar refractivity (Wildman–Crippen MR) is 92.6 cm³/mol. The van der Waals surface area contributed by atoms with Crippen molar-refractivity contribution in [2.75, 3.05) is 13.1 Å². The Morgan fingerprint density at radius 2 is 2.20 bits per heavy atom. The summed E-state index contributed by atoms with van der Waals surface area (Å²) >= 11 is 1.23. The number of nitrogens with zero attached hydrogens (tertiary/aromatic N) is 4. The lowest BCUT2D eigenvalue weighted by molar-refractivity contribution is 0.266. The van der Waals surface area contributed by atoms with Gasteiger partial charge in [-0.05, 0) is 36.4 Å². The number of hydrogen-bond donors (Lipinski definition) is 0. The highest BCUT2D eigenvalue weighted by Gasteiger charge is 2.33. The van der Waals surface area contributed by atoms with Gasteiger partial charge in [0.25, 0.3) is 10.0 Å². The van der Waals surface area contributed by atoms with Gasteiger partial charge in [-0.2, -0.15) is 9.29 Å². The Balaban J connectivity index is 1.55. The first-order chi connectivity index (χ1) is 12.1. The molecule has 1 unspecified atom stereocenters. The van der Waals surface area contributed by atoms with Crippen LogP contribution in [0, 0.1) is 0 Å². The molecule has 130 valence electrons. The molecule has 0 amide bonds. The van der Waals surface area contributed by atoms with Gasteiger partial charge in [0, 0.05) is 31.0 Å². The lowest BCUT2D eigenvalue weighted by atomic mass is 10.00. The van der Waals surface area contributed by atoms with Gasteiger partial charge in [0.15, 0.2) is 0 Å². The van der Waals surface area contributed by atoms with Crippen LogP contribution in [-0.2, 0) is 10.0 Å². The van der Waals surface area contributed by atoms with Crippen LogP contribution in [0.25, 0.3) is 11.4 Å². The van der Waals surface area contributed by atoms with E-state index in [1.165, 1.54) is 15.6 Å². The maximum absolute atomic E-state index is 12.7. The number of aromatic nitrogens is 3. The Bertz CT molecular complexity index is 939. The molecule has 1 saturated heterocycles. The fourth-order valence-electron chi connectivity index (χ4n) is 2.91. The van der Waals surface area contributed by atoms with Crippen molar-refractivity contribution < 1.29 is 12.9 Å². The summed E-state index contributed by atoms with van der Waals surface area (Å²) in [5.41, 5.74) is 0.774. The summed E-state index contributed by atoms with van der Waals surface area (Å²) in [6, 6.07) is 7.05. The first-order valence-electron chi connectivity index (χ1n) is 7.92. The standard InChI is InChI=1S/C16H16N4O3S2/c21-25(22,14-6-3-9-24-14)20-8-2-5-13(11-20)16-18-15(19-23-16)12-4-1-7-17-10-12/h1,3-4,6-7,9-10,13H,2,5,8,11H2. The van der Waals surface area contributed by atoms with E-state index in [4.69, 9.17) is 4.52 Å². The van der Waals surface area contributed by atoms with E-state index in [9.17, 15) is 8.42 Å². The normalized spacial score (nSPS) is 19.1. The molecule has 1 aliphatic rings. The molecule has 0 N–H and O–H groups in total. The summed E-state index contributed by atoms with van der Waals surface area (Å²) < 4.78 is 32.7. The van der Waals surface area contributed by atoms with Crippen molar-refractivity contribution >= 4 is 21.4 Å². The van der Waals surface area contributed by atoms with E-state index in [0.717, 1.165) is 18.4 Å². The molecule has 7 nitrogen and oxygen atoms in total. The second-order valence-electron chi connectivity index (χ2n) is 5.83. The topological polar surface area (TPSA) is 89.2 Å². The molecule has 1 aliphatic heterocycles. The third-order valence-corrected chi connectivity index (χ3v) is 7.42. The van der Waals surface area contributed by atoms with Gasteiger partial charge in [-0.25, -0.2) is 8.42 Å². The van der Waals surface area contributed by atoms with E-state index in [1.807, 2.05) is 6.07 Å². The lowest BCUT2D eigenvalue weighted by Crippen LogP contribution is -2.38. The summed E-state index contributed by atoms with van der Waals surface area (Å²) in [4.78, 5) is 8.49. The molecule has 0 aromatic carbocycles. The lowest BCUT2D eigenvalue weighted by Gasteiger charge is -2.29. The number of rotatable bonds is 4. The molecule has 3 aromatic rings. The second-order valence-corrected chi connectivity index (χ2v) is 8.94. The number of sulfonamides is 1. The zero-order valence-electron chi connectivity index (χ0n) is 13.3. The molecular weight excluding hydrogens is 360 g/mol. The molecule has 1 fully saturated rings. The van der Waals surface area contributed by atoms with Crippen molar-refractivity contribution in [3.05, 3.63) is 47.9 Å². The van der Waals surface area contributed by atoms with E-state index in [-0.39, 0.29) is 5.92 Å². The van der Waals surface area contributed by atoms with Crippen LogP contribution in [0.5, 0.6) is 0 Å². The van der Waals surface area contributed by atoms with Gasteiger partial charge in [0.2, 0.25) is 11.7 Å². The molecule has 4 rings (SSSR count). The fraction of sp³-hybridized carbons (Fsp3) is 0.312. The van der Waals surface area contributed by atoms with Gasteiger partial charge in [-0.15, -0.1) is 11.3 Å². The largest absolute Gasteiger partial charge is 0.339 e. The van der Waals surface area contributed by atoms with Gasteiger partial charge < -0.3 is 4.52 Å². The van der Waals surface area contributed by atoms with Crippen LogP contribution in [0.1, 0.15) is 24.7 Å². The molecule has 9 heteroatoms.